The van der Waals surface area contributed by atoms with Gasteiger partial charge in [-0.3, -0.25) is 14.4 Å². The first kappa shape index (κ1) is 14.2. The van der Waals surface area contributed by atoms with Crippen molar-refractivity contribution < 1.29 is 9.53 Å². The van der Waals surface area contributed by atoms with Gasteiger partial charge in [0.05, 0.1) is 37.2 Å². The standard InChI is InChI=1S/C14H18N4O2S/c19-14(12-1-8-21-11-12)16-13-9-15-18(10-13)3-2-17-4-6-20-7-5-17/h1,8-11H,2-7H2,(H,16,19). The number of thiophene rings is 1. The molecule has 7 heteroatoms. The highest BCUT2D eigenvalue weighted by Gasteiger charge is 2.11. The Hall–Kier alpha value is -1.70. The fourth-order valence-corrected chi connectivity index (χ4v) is 2.85. The first-order chi connectivity index (χ1) is 10.3. The minimum absolute atomic E-state index is 0.0935. The molecular formula is C14H18N4O2S. The van der Waals surface area contributed by atoms with Crippen LogP contribution in [0.3, 0.4) is 0 Å². The van der Waals surface area contributed by atoms with Gasteiger partial charge in [0, 0.05) is 31.2 Å². The molecule has 0 bridgehead atoms. The van der Waals surface area contributed by atoms with Crippen molar-refractivity contribution in [2.24, 2.45) is 0 Å². The monoisotopic (exact) mass is 306 g/mol. The van der Waals surface area contributed by atoms with E-state index in [0.717, 1.165) is 45.1 Å². The third-order valence-electron chi connectivity index (χ3n) is 3.42. The van der Waals surface area contributed by atoms with E-state index in [0.29, 0.717) is 5.56 Å². The molecule has 0 aliphatic carbocycles. The lowest BCUT2D eigenvalue weighted by molar-refractivity contribution is 0.0360. The Morgan fingerprint density at radius 3 is 3.00 bits per heavy atom. The number of carbonyl (C=O) groups excluding carboxylic acids is 1. The Balaban J connectivity index is 1.50. The van der Waals surface area contributed by atoms with Gasteiger partial charge < -0.3 is 10.1 Å². The lowest BCUT2D eigenvalue weighted by atomic mass is 10.3. The van der Waals surface area contributed by atoms with Crippen LogP contribution in [0.25, 0.3) is 0 Å². The average Bonchev–Trinajstić information content (AvgIpc) is 3.18. The van der Waals surface area contributed by atoms with E-state index in [1.54, 1.807) is 6.20 Å². The average molecular weight is 306 g/mol. The van der Waals surface area contributed by atoms with Crippen LogP contribution >= 0.6 is 11.3 Å². The summed E-state index contributed by atoms with van der Waals surface area (Å²) in [6.45, 7) is 5.32. The van der Waals surface area contributed by atoms with Gasteiger partial charge in [-0.15, -0.1) is 0 Å². The number of anilines is 1. The number of nitrogens with zero attached hydrogens (tertiary/aromatic N) is 3. The number of carbonyl (C=O) groups is 1. The number of aromatic nitrogens is 2. The Labute approximate surface area is 127 Å². The maximum absolute atomic E-state index is 11.9. The molecular weight excluding hydrogens is 288 g/mol. The highest BCUT2D eigenvalue weighted by atomic mass is 32.1. The minimum Gasteiger partial charge on any atom is -0.379 e. The molecule has 0 spiro atoms. The van der Waals surface area contributed by atoms with Crippen molar-refractivity contribution in [1.82, 2.24) is 14.7 Å². The molecule has 0 saturated carbocycles. The molecule has 6 nitrogen and oxygen atoms in total. The van der Waals surface area contributed by atoms with Crippen LogP contribution in [0.5, 0.6) is 0 Å². The van der Waals surface area contributed by atoms with Crippen molar-refractivity contribution >= 4 is 22.9 Å². The molecule has 1 amide bonds. The zero-order valence-corrected chi connectivity index (χ0v) is 12.5. The van der Waals surface area contributed by atoms with Crippen molar-refractivity contribution in [3.8, 4) is 0 Å². The van der Waals surface area contributed by atoms with Crippen molar-refractivity contribution in [2.75, 3.05) is 38.2 Å². The molecule has 0 aromatic carbocycles. The van der Waals surface area contributed by atoms with E-state index in [2.05, 4.69) is 15.3 Å². The molecule has 0 unspecified atom stereocenters. The highest BCUT2D eigenvalue weighted by molar-refractivity contribution is 7.08. The molecule has 1 fully saturated rings. The quantitative estimate of drug-likeness (QED) is 0.910. The normalized spacial score (nSPS) is 16.0. The van der Waals surface area contributed by atoms with Gasteiger partial charge >= 0.3 is 0 Å². The second-order valence-corrected chi connectivity index (χ2v) is 5.69. The third-order valence-corrected chi connectivity index (χ3v) is 4.11. The fraction of sp³-hybridized carbons (Fsp3) is 0.429. The summed E-state index contributed by atoms with van der Waals surface area (Å²) in [7, 11) is 0. The van der Waals surface area contributed by atoms with Crippen molar-refractivity contribution in [1.29, 1.82) is 0 Å². The number of hydrogen-bond donors (Lipinski definition) is 1. The molecule has 21 heavy (non-hydrogen) atoms. The van der Waals surface area contributed by atoms with Gasteiger partial charge in [0.15, 0.2) is 0 Å². The van der Waals surface area contributed by atoms with Crippen LogP contribution in [0, 0.1) is 0 Å². The number of amides is 1. The zero-order chi connectivity index (χ0) is 14.5. The summed E-state index contributed by atoms with van der Waals surface area (Å²) in [5, 5.41) is 10.9. The summed E-state index contributed by atoms with van der Waals surface area (Å²) in [5.41, 5.74) is 1.41. The zero-order valence-electron chi connectivity index (χ0n) is 11.7. The van der Waals surface area contributed by atoms with E-state index in [-0.39, 0.29) is 5.91 Å². The largest absolute Gasteiger partial charge is 0.379 e. The molecule has 1 N–H and O–H groups in total. The molecule has 3 rings (SSSR count). The van der Waals surface area contributed by atoms with Gasteiger partial charge in [0.25, 0.3) is 5.91 Å². The summed E-state index contributed by atoms with van der Waals surface area (Å²) in [4.78, 5) is 14.3. The highest BCUT2D eigenvalue weighted by Crippen LogP contribution is 2.11. The van der Waals surface area contributed by atoms with Gasteiger partial charge in [0.1, 0.15) is 0 Å². The summed E-state index contributed by atoms with van der Waals surface area (Å²) < 4.78 is 7.18. The maximum Gasteiger partial charge on any atom is 0.256 e. The molecule has 3 heterocycles. The van der Waals surface area contributed by atoms with Gasteiger partial charge in [-0.2, -0.15) is 16.4 Å². The first-order valence-corrected chi connectivity index (χ1v) is 7.92. The Kier molecular flexibility index (Phi) is 4.64. The number of hydrogen-bond acceptors (Lipinski definition) is 5. The lowest BCUT2D eigenvalue weighted by Gasteiger charge is -2.26. The minimum atomic E-state index is -0.0935. The van der Waals surface area contributed by atoms with Crippen LogP contribution in [0.15, 0.2) is 29.2 Å². The molecule has 1 aliphatic heterocycles. The Morgan fingerprint density at radius 2 is 2.24 bits per heavy atom. The van der Waals surface area contributed by atoms with E-state index < -0.39 is 0 Å². The van der Waals surface area contributed by atoms with Crippen LogP contribution in [-0.2, 0) is 11.3 Å². The summed E-state index contributed by atoms with van der Waals surface area (Å²) in [5.74, 6) is -0.0935. The molecule has 0 atom stereocenters. The molecule has 1 aliphatic rings. The summed E-state index contributed by atoms with van der Waals surface area (Å²) >= 11 is 1.51. The predicted molar refractivity (Wildman–Crippen MR) is 81.8 cm³/mol. The van der Waals surface area contributed by atoms with Crippen LogP contribution < -0.4 is 5.32 Å². The second kappa shape index (κ2) is 6.84. The SMILES string of the molecule is O=C(Nc1cnn(CCN2CCOCC2)c1)c1ccsc1. The third kappa shape index (κ3) is 3.90. The lowest BCUT2D eigenvalue weighted by Crippen LogP contribution is -2.38. The van der Waals surface area contributed by atoms with E-state index in [1.165, 1.54) is 11.3 Å². The molecule has 1 saturated heterocycles. The second-order valence-electron chi connectivity index (χ2n) is 4.91. The van der Waals surface area contributed by atoms with Crippen molar-refractivity contribution in [3.05, 3.63) is 34.8 Å². The molecule has 2 aromatic rings. The van der Waals surface area contributed by atoms with Crippen LogP contribution in [-0.4, -0.2) is 53.4 Å². The summed E-state index contributed by atoms with van der Waals surface area (Å²) in [6, 6.07) is 1.81. The topological polar surface area (TPSA) is 59.4 Å². The van der Waals surface area contributed by atoms with E-state index >= 15 is 0 Å². The number of rotatable bonds is 5. The smallest absolute Gasteiger partial charge is 0.256 e. The number of morpholine rings is 1. The predicted octanol–water partition coefficient (Wildman–Crippen LogP) is 1.53. The van der Waals surface area contributed by atoms with Crippen LogP contribution in [0.2, 0.25) is 0 Å². The van der Waals surface area contributed by atoms with Gasteiger partial charge in [-0.25, -0.2) is 0 Å². The number of nitrogens with one attached hydrogen (secondary N) is 1. The molecule has 112 valence electrons. The molecule has 0 radical (unpaired) electrons. The Morgan fingerprint density at radius 1 is 1.38 bits per heavy atom. The first-order valence-electron chi connectivity index (χ1n) is 6.97. The van der Waals surface area contributed by atoms with E-state index in [1.807, 2.05) is 27.7 Å². The van der Waals surface area contributed by atoms with Crippen LogP contribution in [0.1, 0.15) is 10.4 Å². The fourth-order valence-electron chi connectivity index (χ4n) is 2.22. The molecule has 2 aromatic heterocycles. The Bertz CT molecular complexity index is 576. The van der Waals surface area contributed by atoms with Gasteiger partial charge in [-0.05, 0) is 11.4 Å². The van der Waals surface area contributed by atoms with Crippen LogP contribution in [0.4, 0.5) is 5.69 Å². The number of ether oxygens (including phenoxy) is 1. The van der Waals surface area contributed by atoms with Crippen molar-refractivity contribution in [2.45, 2.75) is 6.54 Å². The van der Waals surface area contributed by atoms with Gasteiger partial charge in [0.2, 0.25) is 0 Å². The van der Waals surface area contributed by atoms with Gasteiger partial charge in [-0.1, -0.05) is 0 Å². The van der Waals surface area contributed by atoms with E-state index in [4.69, 9.17) is 4.74 Å². The van der Waals surface area contributed by atoms with E-state index in [9.17, 15) is 4.79 Å². The maximum atomic E-state index is 11.9. The summed E-state index contributed by atoms with van der Waals surface area (Å²) in [6.07, 6.45) is 3.55. The van der Waals surface area contributed by atoms with Crippen molar-refractivity contribution in [3.63, 3.8) is 0 Å².